The van der Waals surface area contributed by atoms with Crippen molar-refractivity contribution in [3.63, 3.8) is 0 Å². The van der Waals surface area contributed by atoms with Crippen LogP contribution in [0.2, 0.25) is 0 Å². The highest BCUT2D eigenvalue weighted by Gasteiger charge is 2.47. The van der Waals surface area contributed by atoms with Crippen molar-refractivity contribution in [2.45, 2.75) is 19.9 Å². The molecule has 0 bridgehead atoms. The number of amides is 1. The first-order valence-corrected chi connectivity index (χ1v) is 11.2. The van der Waals surface area contributed by atoms with Crippen LogP contribution in [0.4, 0.5) is 5.13 Å². The van der Waals surface area contributed by atoms with Crippen molar-refractivity contribution >= 4 is 34.1 Å². The number of methoxy groups -OCH3 is 3. The number of ketones is 1. The summed E-state index contributed by atoms with van der Waals surface area (Å²) in [6, 6.07) is 6.87. The van der Waals surface area contributed by atoms with Gasteiger partial charge in [-0.15, -0.1) is 0 Å². The molecule has 0 saturated carbocycles. The third-order valence-corrected chi connectivity index (χ3v) is 6.64. The molecule has 10 nitrogen and oxygen atoms in total. The van der Waals surface area contributed by atoms with Crippen LogP contribution in [0.5, 0.6) is 11.5 Å². The second-order valence-corrected chi connectivity index (χ2v) is 8.57. The largest absolute Gasteiger partial charge is 0.503 e. The van der Waals surface area contributed by atoms with Crippen LogP contribution >= 0.6 is 11.3 Å². The van der Waals surface area contributed by atoms with Crippen molar-refractivity contribution in [2.75, 3.05) is 26.2 Å². The first-order valence-electron chi connectivity index (χ1n) is 10.4. The van der Waals surface area contributed by atoms with Crippen molar-refractivity contribution in [1.29, 1.82) is 0 Å². The molecular weight excluding hydrogens is 476 g/mol. The van der Waals surface area contributed by atoms with Gasteiger partial charge in [0.05, 0.1) is 38.6 Å². The quantitative estimate of drug-likeness (QED) is 0.380. The van der Waals surface area contributed by atoms with Gasteiger partial charge in [0.1, 0.15) is 10.6 Å². The minimum Gasteiger partial charge on any atom is -0.503 e. The average molecular weight is 499 g/mol. The van der Waals surface area contributed by atoms with Crippen molar-refractivity contribution < 1.29 is 38.1 Å². The monoisotopic (exact) mass is 498 g/mol. The maximum absolute atomic E-state index is 13.4. The Labute approximate surface area is 204 Å². The predicted octanol–water partition coefficient (Wildman–Crippen LogP) is 3.94. The third-order valence-electron chi connectivity index (χ3n) is 5.50. The molecular formula is C24H22N2O8S. The number of furan rings is 1. The molecule has 1 amide bonds. The summed E-state index contributed by atoms with van der Waals surface area (Å²) in [4.78, 5) is 44.6. The zero-order chi connectivity index (χ0) is 25.4. The summed E-state index contributed by atoms with van der Waals surface area (Å²) in [7, 11) is 4.18. The van der Waals surface area contributed by atoms with Gasteiger partial charge in [-0.05, 0) is 43.7 Å². The molecule has 0 aliphatic carbocycles. The van der Waals surface area contributed by atoms with E-state index in [1.807, 2.05) is 0 Å². The Bertz CT molecular complexity index is 1370. The molecule has 1 aliphatic heterocycles. The Balaban J connectivity index is 1.91. The second-order valence-electron chi connectivity index (χ2n) is 7.60. The highest BCUT2D eigenvalue weighted by atomic mass is 32.1. The van der Waals surface area contributed by atoms with E-state index < -0.39 is 29.5 Å². The fourth-order valence-corrected chi connectivity index (χ4v) is 4.84. The van der Waals surface area contributed by atoms with Crippen LogP contribution in [0.1, 0.15) is 43.3 Å². The Morgan fingerprint density at radius 2 is 1.80 bits per heavy atom. The lowest BCUT2D eigenvalue weighted by molar-refractivity contribution is -0.117. The molecule has 182 valence electrons. The van der Waals surface area contributed by atoms with E-state index in [1.165, 1.54) is 32.3 Å². The third kappa shape index (κ3) is 4.03. The van der Waals surface area contributed by atoms with Crippen LogP contribution < -0.4 is 14.4 Å². The smallest absolute Gasteiger partial charge is 0.350 e. The number of Topliss-reactive ketones (excluding diaryl/α,β-unsaturated/α-hetero) is 1. The first kappa shape index (κ1) is 24.0. The lowest BCUT2D eigenvalue weighted by Gasteiger charge is -2.25. The summed E-state index contributed by atoms with van der Waals surface area (Å²) < 4.78 is 21.0. The second kappa shape index (κ2) is 9.26. The number of rotatable bonds is 7. The maximum Gasteiger partial charge on any atom is 0.350 e. The van der Waals surface area contributed by atoms with Gasteiger partial charge in [0.2, 0.25) is 5.78 Å². The molecule has 1 aliphatic rings. The van der Waals surface area contributed by atoms with Crippen LogP contribution in [-0.4, -0.2) is 49.1 Å². The van der Waals surface area contributed by atoms with Gasteiger partial charge in [-0.25, -0.2) is 9.78 Å². The van der Waals surface area contributed by atoms with E-state index in [1.54, 1.807) is 38.1 Å². The highest BCUT2D eigenvalue weighted by Crippen LogP contribution is 2.45. The van der Waals surface area contributed by atoms with Crippen molar-refractivity contribution in [3.8, 4) is 11.5 Å². The van der Waals surface area contributed by atoms with E-state index in [2.05, 4.69) is 4.98 Å². The maximum atomic E-state index is 13.4. The SMILES string of the molecule is COC(=O)c1sc(N2C(=O)C(O)=C(C(=O)c3ccc(C)o3)[C@H]2c2ccc(OC)c(OC)c2)nc1C. The average Bonchev–Trinajstić information content (AvgIpc) is 3.53. The molecule has 1 atom stereocenters. The van der Waals surface area contributed by atoms with Gasteiger partial charge in [0, 0.05) is 0 Å². The molecule has 0 saturated heterocycles. The summed E-state index contributed by atoms with van der Waals surface area (Å²) >= 11 is 0.916. The van der Waals surface area contributed by atoms with Crippen molar-refractivity contribution in [1.82, 2.24) is 4.98 Å². The highest BCUT2D eigenvalue weighted by molar-refractivity contribution is 7.17. The zero-order valence-electron chi connectivity index (χ0n) is 19.6. The number of aromatic nitrogens is 1. The normalized spacial score (nSPS) is 15.5. The Morgan fingerprint density at radius 1 is 1.09 bits per heavy atom. The van der Waals surface area contributed by atoms with Gasteiger partial charge in [-0.1, -0.05) is 17.4 Å². The van der Waals surface area contributed by atoms with Gasteiger partial charge in [-0.2, -0.15) is 0 Å². The van der Waals surface area contributed by atoms with E-state index in [9.17, 15) is 19.5 Å². The number of ether oxygens (including phenoxy) is 3. The van der Waals surface area contributed by atoms with Crippen LogP contribution in [0.3, 0.4) is 0 Å². The first-order chi connectivity index (χ1) is 16.7. The van der Waals surface area contributed by atoms with E-state index in [0.29, 0.717) is 28.5 Å². The lowest BCUT2D eigenvalue weighted by atomic mass is 9.95. The van der Waals surface area contributed by atoms with E-state index in [0.717, 1.165) is 11.3 Å². The molecule has 0 fully saturated rings. The molecule has 35 heavy (non-hydrogen) atoms. The van der Waals surface area contributed by atoms with Gasteiger partial charge in [0.25, 0.3) is 5.91 Å². The number of esters is 1. The molecule has 1 aromatic carbocycles. The van der Waals surface area contributed by atoms with Gasteiger partial charge in [-0.3, -0.25) is 14.5 Å². The van der Waals surface area contributed by atoms with Crippen molar-refractivity contribution in [3.05, 3.63) is 69.3 Å². The molecule has 0 spiro atoms. The fourth-order valence-electron chi connectivity index (χ4n) is 3.83. The summed E-state index contributed by atoms with van der Waals surface area (Å²) in [6.45, 7) is 3.28. The minimum atomic E-state index is -1.09. The summed E-state index contributed by atoms with van der Waals surface area (Å²) in [5, 5.41) is 11.0. The number of thiazole rings is 1. The summed E-state index contributed by atoms with van der Waals surface area (Å²) in [5.74, 6) is -1.60. The summed E-state index contributed by atoms with van der Waals surface area (Å²) in [5.41, 5.74) is 0.597. The van der Waals surface area contributed by atoms with Crippen molar-refractivity contribution in [2.24, 2.45) is 0 Å². The van der Waals surface area contributed by atoms with Gasteiger partial charge >= 0.3 is 5.97 Å². The molecule has 3 aromatic rings. The van der Waals surface area contributed by atoms with E-state index in [4.69, 9.17) is 18.6 Å². The van der Waals surface area contributed by atoms with Gasteiger partial charge < -0.3 is 23.7 Å². The molecule has 2 aromatic heterocycles. The number of carbonyl (C=O) groups excluding carboxylic acids is 3. The Hall–Kier alpha value is -4.12. The molecule has 11 heteroatoms. The molecule has 3 heterocycles. The molecule has 0 radical (unpaired) electrons. The van der Waals surface area contributed by atoms with Crippen LogP contribution in [0, 0.1) is 13.8 Å². The number of nitrogens with zero attached hydrogens (tertiary/aromatic N) is 2. The lowest BCUT2D eigenvalue weighted by Crippen LogP contribution is -2.31. The van der Waals surface area contributed by atoms with Crippen LogP contribution in [0.25, 0.3) is 0 Å². The van der Waals surface area contributed by atoms with Gasteiger partial charge in [0.15, 0.2) is 28.1 Å². The van der Waals surface area contributed by atoms with E-state index >= 15 is 0 Å². The topological polar surface area (TPSA) is 128 Å². The number of aliphatic hydroxyl groups excluding tert-OH is 1. The number of hydrogen-bond donors (Lipinski definition) is 1. The standard InChI is InChI=1S/C24H22N2O8S/c1-11-6-8-15(34-11)19(27)17-18(13-7-9-14(31-3)16(10-13)32-4)26(22(29)20(17)28)24-25-12(2)21(35-24)23(30)33-5/h6-10,18,28H,1-5H3/t18-/m1/s1. The Morgan fingerprint density at radius 3 is 2.40 bits per heavy atom. The number of carbonyl (C=O) groups is 3. The van der Waals surface area contributed by atoms with Crippen LogP contribution in [0.15, 0.2) is 46.1 Å². The minimum absolute atomic E-state index is 0.0326. The molecule has 1 N–H and O–H groups in total. The number of anilines is 1. The number of benzene rings is 1. The Kier molecular flexibility index (Phi) is 6.35. The van der Waals surface area contributed by atoms with Crippen LogP contribution in [-0.2, 0) is 9.53 Å². The molecule has 0 unspecified atom stereocenters. The van der Waals surface area contributed by atoms with E-state index in [-0.39, 0.29) is 21.3 Å². The summed E-state index contributed by atoms with van der Waals surface area (Å²) in [6.07, 6.45) is 0. The molecule has 4 rings (SSSR count). The zero-order valence-corrected chi connectivity index (χ0v) is 20.4. The number of hydrogen-bond acceptors (Lipinski definition) is 10. The number of aryl methyl sites for hydroxylation is 2. The number of aliphatic hydroxyl groups is 1. The predicted molar refractivity (Wildman–Crippen MR) is 125 cm³/mol. The fraction of sp³-hybridized carbons (Fsp3) is 0.250.